The van der Waals surface area contributed by atoms with E-state index in [1.165, 1.54) is 0 Å². The van der Waals surface area contributed by atoms with Gasteiger partial charge < -0.3 is 0 Å². The molecular weight excluding hydrogens is 396 g/mol. The predicted octanol–water partition coefficient (Wildman–Crippen LogP) is 4.14. The molecule has 1 aliphatic rings. The van der Waals surface area contributed by atoms with E-state index in [0.29, 0.717) is 6.54 Å². The second-order valence-electron chi connectivity index (χ2n) is 8.31. The summed E-state index contributed by atoms with van der Waals surface area (Å²) in [6.45, 7) is 4.22. The van der Waals surface area contributed by atoms with Crippen LogP contribution in [0.3, 0.4) is 0 Å². The van der Waals surface area contributed by atoms with Crippen LogP contribution < -0.4 is 5.56 Å². The SMILES string of the molecule is Cc1nc2c(c(=O)n1C(c1ccccc1)c1ccccc1)CN(Cc1cccnc1)CC2. The van der Waals surface area contributed by atoms with Crippen molar-refractivity contribution >= 4 is 0 Å². The number of nitrogens with zero attached hydrogens (tertiary/aromatic N) is 4. The topological polar surface area (TPSA) is 51.0 Å². The molecule has 0 saturated heterocycles. The average Bonchev–Trinajstić information content (AvgIpc) is 2.84. The van der Waals surface area contributed by atoms with Gasteiger partial charge in [-0.2, -0.15) is 0 Å². The minimum atomic E-state index is -0.212. The van der Waals surface area contributed by atoms with Crippen LogP contribution in [-0.4, -0.2) is 26.0 Å². The van der Waals surface area contributed by atoms with Gasteiger partial charge in [-0.15, -0.1) is 0 Å². The van der Waals surface area contributed by atoms with Crippen LogP contribution in [0.4, 0.5) is 0 Å². The normalized spacial score (nSPS) is 13.8. The number of rotatable bonds is 5. The minimum absolute atomic E-state index is 0.0566. The van der Waals surface area contributed by atoms with Crippen LogP contribution >= 0.6 is 0 Å². The molecule has 5 nitrogen and oxygen atoms in total. The van der Waals surface area contributed by atoms with E-state index < -0.39 is 0 Å². The summed E-state index contributed by atoms with van der Waals surface area (Å²) in [5, 5.41) is 0. The number of fused-ring (bicyclic) bond motifs is 1. The van der Waals surface area contributed by atoms with E-state index in [1.807, 2.05) is 60.2 Å². The third kappa shape index (κ3) is 3.99. The number of aryl methyl sites for hydroxylation is 1. The molecule has 0 atom stereocenters. The Morgan fingerprint density at radius 3 is 2.25 bits per heavy atom. The van der Waals surface area contributed by atoms with Gasteiger partial charge >= 0.3 is 0 Å². The fourth-order valence-electron chi connectivity index (χ4n) is 4.61. The van der Waals surface area contributed by atoms with Gasteiger partial charge in [-0.25, -0.2) is 4.98 Å². The lowest BCUT2D eigenvalue weighted by Gasteiger charge is -2.30. The lowest BCUT2D eigenvalue weighted by molar-refractivity contribution is 0.240. The summed E-state index contributed by atoms with van der Waals surface area (Å²) in [4.78, 5) is 25.3. The lowest BCUT2D eigenvalue weighted by Crippen LogP contribution is -2.40. The van der Waals surface area contributed by atoms with Crippen molar-refractivity contribution in [1.82, 2.24) is 19.4 Å². The first-order chi connectivity index (χ1) is 15.7. The van der Waals surface area contributed by atoms with E-state index in [2.05, 4.69) is 40.2 Å². The van der Waals surface area contributed by atoms with Crippen LogP contribution in [0.5, 0.6) is 0 Å². The summed E-state index contributed by atoms with van der Waals surface area (Å²) in [6.07, 6.45) is 4.46. The zero-order valence-corrected chi connectivity index (χ0v) is 18.2. The highest BCUT2D eigenvalue weighted by Crippen LogP contribution is 2.27. The first kappa shape index (κ1) is 20.3. The van der Waals surface area contributed by atoms with Gasteiger partial charge in [-0.1, -0.05) is 66.7 Å². The van der Waals surface area contributed by atoms with Gasteiger partial charge in [-0.05, 0) is 29.7 Å². The number of benzene rings is 2. The molecule has 0 saturated carbocycles. The molecule has 0 amide bonds. The summed E-state index contributed by atoms with van der Waals surface area (Å²) in [5.74, 6) is 0.757. The smallest absolute Gasteiger partial charge is 0.259 e. The molecule has 2 aromatic carbocycles. The van der Waals surface area contributed by atoms with Gasteiger partial charge in [0.2, 0.25) is 0 Å². The van der Waals surface area contributed by atoms with E-state index in [0.717, 1.165) is 53.3 Å². The minimum Gasteiger partial charge on any atom is -0.294 e. The summed E-state index contributed by atoms with van der Waals surface area (Å²) in [5.41, 5.74) is 5.11. The fourth-order valence-corrected chi connectivity index (χ4v) is 4.61. The Morgan fingerprint density at radius 1 is 0.938 bits per heavy atom. The highest BCUT2D eigenvalue weighted by atomic mass is 16.1. The fraction of sp³-hybridized carbons (Fsp3) is 0.222. The quantitative estimate of drug-likeness (QED) is 0.485. The van der Waals surface area contributed by atoms with Crippen molar-refractivity contribution in [3.05, 3.63) is 129 Å². The molecule has 3 heterocycles. The average molecular weight is 423 g/mol. The van der Waals surface area contributed by atoms with Crippen LogP contribution in [0.25, 0.3) is 0 Å². The van der Waals surface area contributed by atoms with Gasteiger partial charge in [0.15, 0.2) is 0 Å². The summed E-state index contributed by atoms with van der Waals surface area (Å²) in [6, 6.07) is 24.2. The molecule has 0 unspecified atom stereocenters. The third-order valence-electron chi connectivity index (χ3n) is 6.14. The van der Waals surface area contributed by atoms with E-state index >= 15 is 0 Å². The van der Waals surface area contributed by atoms with Crippen molar-refractivity contribution in [2.75, 3.05) is 6.54 Å². The summed E-state index contributed by atoms with van der Waals surface area (Å²) >= 11 is 0. The van der Waals surface area contributed by atoms with Crippen molar-refractivity contribution in [2.45, 2.75) is 32.5 Å². The number of pyridine rings is 1. The molecule has 1 aliphatic heterocycles. The maximum absolute atomic E-state index is 13.9. The molecule has 0 fully saturated rings. The van der Waals surface area contributed by atoms with Crippen LogP contribution in [0.1, 0.15) is 39.8 Å². The van der Waals surface area contributed by atoms with Crippen molar-refractivity contribution in [3.63, 3.8) is 0 Å². The Bertz CT molecular complexity index is 1210. The maximum atomic E-state index is 13.9. The Balaban J connectivity index is 1.57. The molecule has 0 N–H and O–H groups in total. The van der Waals surface area contributed by atoms with Crippen molar-refractivity contribution in [1.29, 1.82) is 0 Å². The van der Waals surface area contributed by atoms with Crippen LogP contribution in [0.15, 0.2) is 90.0 Å². The third-order valence-corrected chi connectivity index (χ3v) is 6.14. The molecule has 2 aromatic heterocycles. The highest BCUT2D eigenvalue weighted by molar-refractivity contribution is 5.35. The Hall–Kier alpha value is -3.57. The standard InChI is InChI=1S/C27H26N4O/c1-20-29-25-14-16-30(18-21-9-8-15-28-17-21)19-24(25)27(32)31(20)26(22-10-4-2-5-11-22)23-12-6-3-7-13-23/h2-13,15,17,26H,14,16,18-19H2,1H3. The molecule has 0 aliphatic carbocycles. The van der Waals surface area contributed by atoms with Gasteiger partial charge in [-0.3, -0.25) is 19.2 Å². The van der Waals surface area contributed by atoms with Gasteiger partial charge in [0.1, 0.15) is 5.82 Å². The zero-order chi connectivity index (χ0) is 21.9. The Labute approximate surface area is 188 Å². The number of hydrogen-bond donors (Lipinski definition) is 0. The van der Waals surface area contributed by atoms with Gasteiger partial charge in [0.25, 0.3) is 5.56 Å². The second kappa shape index (κ2) is 8.89. The first-order valence-corrected chi connectivity index (χ1v) is 11.0. The zero-order valence-electron chi connectivity index (χ0n) is 18.2. The predicted molar refractivity (Wildman–Crippen MR) is 125 cm³/mol. The highest BCUT2D eigenvalue weighted by Gasteiger charge is 2.26. The molecule has 0 bridgehead atoms. The second-order valence-corrected chi connectivity index (χ2v) is 8.31. The molecule has 160 valence electrons. The number of hydrogen-bond acceptors (Lipinski definition) is 4. The molecule has 5 heteroatoms. The molecular formula is C27H26N4O. The molecule has 32 heavy (non-hydrogen) atoms. The van der Waals surface area contributed by atoms with Gasteiger partial charge in [0.05, 0.1) is 17.3 Å². The Kier molecular flexibility index (Phi) is 5.65. The number of aromatic nitrogens is 3. The summed E-state index contributed by atoms with van der Waals surface area (Å²) in [7, 11) is 0. The van der Waals surface area contributed by atoms with Crippen LogP contribution in [0, 0.1) is 6.92 Å². The van der Waals surface area contributed by atoms with E-state index in [1.54, 1.807) is 6.20 Å². The van der Waals surface area contributed by atoms with Crippen LogP contribution in [-0.2, 0) is 19.5 Å². The monoisotopic (exact) mass is 422 g/mol. The van der Waals surface area contributed by atoms with Crippen LogP contribution in [0.2, 0.25) is 0 Å². The van der Waals surface area contributed by atoms with Crippen molar-refractivity contribution in [3.8, 4) is 0 Å². The maximum Gasteiger partial charge on any atom is 0.259 e. The van der Waals surface area contributed by atoms with E-state index in [4.69, 9.17) is 4.98 Å². The van der Waals surface area contributed by atoms with Gasteiger partial charge in [0, 0.05) is 38.4 Å². The van der Waals surface area contributed by atoms with Crippen molar-refractivity contribution < 1.29 is 0 Å². The molecule has 5 rings (SSSR count). The summed E-state index contributed by atoms with van der Waals surface area (Å²) < 4.78 is 1.87. The van der Waals surface area contributed by atoms with E-state index in [-0.39, 0.29) is 11.6 Å². The lowest BCUT2D eigenvalue weighted by atomic mass is 9.97. The van der Waals surface area contributed by atoms with Crippen molar-refractivity contribution in [2.24, 2.45) is 0 Å². The largest absolute Gasteiger partial charge is 0.294 e. The molecule has 4 aromatic rings. The first-order valence-electron chi connectivity index (χ1n) is 11.0. The van der Waals surface area contributed by atoms with E-state index in [9.17, 15) is 4.79 Å². The Morgan fingerprint density at radius 2 is 1.62 bits per heavy atom. The molecule has 0 radical (unpaired) electrons. The molecule has 0 spiro atoms.